The summed E-state index contributed by atoms with van der Waals surface area (Å²) in [7, 11) is 1.57. The van der Waals surface area contributed by atoms with E-state index in [0.717, 1.165) is 5.56 Å². The highest BCUT2D eigenvalue weighted by molar-refractivity contribution is 6.03. The van der Waals surface area contributed by atoms with Gasteiger partial charge in [0.05, 0.1) is 30.8 Å². The van der Waals surface area contributed by atoms with Crippen molar-refractivity contribution in [1.29, 1.82) is 0 Å². The van der Waals surface area contributed by atoms with Crippen LogP contribution in [0.1, 0.15) is 37.1 Å². The monoisotopic (exact) mass is 352 g/mol. The van der Waals surface area contributed by atoms with Crippen LogP contribution in [0.3, 0.4) is 0 Å². The van der Waals surface area contributed by atoms with Crippen LogP contribution in [-0.2, 0) is 5.41 Å². The molecule has 0 radical (unpaired) electrons. The molecule has 0 aliphatic rings. The smallest absolute Gasteiger partial charge is 0.277 e. The second-order valence-corrected chi connectivity index (χ2v) is 6.78. The molecule has 0 saturated carbocycles. The van der Waals surface area contributed by atoms with Crippen molar-refractivity contribution in [2.45, 2.75) is 26.2 Å². The second-order valence-electron chi connectivity index (χ2n) is 6.78. The topological polar surface area (TPSA) is 90.1 Å². The average Bonchev–Trinajstić information content (AvgIpc) is 3.11. The molecule has 0 aliphatic carbocycles. The first-order chi connectivity index (χ1) is 12.4. The van der Waals surface area contributed by atoms with E-state index < -0.39 is 5.91 Å². The van der Waals surface area contributed by atoms with Gasteiger partial charge in [-0.15, -0.1) is 0 Å². The van der Waals surface area contributed by atoms with Gasteiger partial charge in [-0.2, -0.15) is 0 Å². The normalized spacial score (nSPS) is 11.2. The largest absolute Gasteiger partial charge is 0.496 e. The first kappa shape index (κ1) is 17.6. The highest BCUT2D eigenvalue weighted by Crippen LogP contribution is 2.30. The zero-order valence-corrected chi connectivity index (χ0v) is 15.1. The minimum atomic E-state index is -0.401. The van der Waals surface area contributed by atoms with Crippen LogP contribution in [0.15, 0.2) is 47.2 Å². The van der Waals surface area contributed by atoms with Crippen molar-refractivity contribution in [1.82, 2.24) is 15.1 Å². The Labute approximate surface area is 151 Å². The number of carbonyl (C=O) groups excluding carboxylic acids is 1. The minimum absolute atomic E-state index is 0.154. The van der Waals surface area contributed by atoms with E-state index >= 15 is 0 Å². The number of nitrogens with one attached hydrogen (secondary N) is 1. The average molecular weight is 352 g/mol. The van der Waals surface area contributed by atoms with E-state index in [0.29, 0.717) is 23.0 Å². The summed E-state index contributed by atoms with van der Waals surface area (Å²) in [5.74, 6) is 1.39. The van der Waals surface area contributed by atoms with Crippen LogP contribution in [-0.4, -0.2) is 28.1 Å². The van der Waals surface area contributed by atoms with Crippen molar-refractivity contribution < 1.29 is 14.1 Å². The fraction of sp³-hybridized carbons (Fsp3) is 0.263. The summed E-state index contributed by atoms with van der Waals surface area (Å²) in [5.41, 5.74) is 1.22. The first-order valence-electron chi connectivity index (χ1n) is 8.12. The molecular weight excluding hydrogens is 332 g/mol. The number of methoxy groups -OCH3 is 1. The Hall–Kier alpha value is -3.22. The van der Waals surface area contributed by atoms with Crippen LogP contribution in [0.2, 0.25) is 0 Å². The fourth-order valence-corrected chi connectivity index (χ4v) is 2.33. The van der Waals surface area contributed by atoms with Gasteiger partial charge in [0.1, 0.15) is 11.6 Å². The molecule has 7 nitrogen and oxygen atoms in total. The number of hydrogen-bond donors (Lipinski definition) is 1. The van der Waals surface area contributed by atoms with Gasteiger partial charge < -0.3 is 14.6 Å². The summed E-state index contributed by atoms with van der Waals surface area (Å²) in [6, 6.07) is 8.92. The Morgan fingerprint density at radius 3 is 2.50 bits per heavy atom. The van der Waals surface area contributed by atoms with Crippen molar-refractivity contribution in [3.8, 4) is 17.1 Å². The lowest BCUT2D eigenvalue weighted by molar-refractivity contribution is 0.101. The molecule has 0 spiro atoms. The molecule has 0 fully saturated rings. The fourth-order valence-electron chi connectivity index (χ4n) is 2.33. The molecule has 0 bridgehead atoms. The molecule has 3 aromatic rings. The quantitative estimate of drug-likeness (QED) is 0.770. The van der Waals surface area contributed by atoms with Gasteiger partial charge in [-0.25, -0.2) is 9.97 Å². The molecule has 2 heterocycles. The van der Waals surface area contributed by atoms with Gasteiger partial charge >= 0.3 is 0 Å². The molecule has 0 saturated heterocycles. The zero-order valence-electron chi connectivity index (χ0n) is 15.1. The van der Waals surface area contributed by atoms with Gasteiger partial charge in [-0.05, 0) is 12.1 Å². The van der Waals surface area contributed by atoms with Gasteiger partial charge in [-0.3, -0.25) is 4.79 Å². The molecule has 1 N–H and O–H groups in total. The third-order valence-corrected chi connectivity index (χ3v) is 3.70. The van der Waals surface area contributed by atoms with Crippen molar-refractivity contribution in [2.75, 3.05) is 12.4 Å². The molecule has 26 heavy (non-hydrogen) atoms. The highest BCUT2D eigenvalue weighted by atomic mass is 16.5. The third kappa shape index (κ3) is 3.72. The number of amides is 1. The molecule has 1 amide bonds. The van der Waals surface area contributed by atoms with Gasteiger partial charge in [0.2, 0.25) is 0 Å². The third-order valence-electron chi connectivity index (χ3n) is 3.70. The number of benzene rings is 1. The van der Waals surface area contributed by atoms with E-state index in [9.17, 15) is 4.79 Å². The predicted octanol–water partition coefficient (Wildman–Crippen LogP) is 3.69. The van der Waals surface area contributed by atoms with Crippen molar-refractivity contribution in [2.24, 2.45) is 0 Å². The maximum absolute atomic E-state index is 12.4. The lowest BCUT2D eigenvalue weighted by Gasteiger charge is -2.16. The van der Waals surface area contributed by atoms with E-state index in [1.165, 1.54) is 0 Å². The molecule has 134 valence electrons. The molecular formula is C19H20N4O3. The number of ether oxygens (including phenoxy) is 1. The number of nitrogens with zero attached hydrogens (tertiary/aromatic N) is 3. The molecule has 7 heteroatoms. The summed E-state index contributed by atoms with van der Waals surface area (Å²) >= 11 is 0. The molecule has 0 atom stereocenters. The van der Waals surface area contributed by atoms with Crippen LogP contribution in [0, 0.1) is 0 Å². The maximum atomic E-state index is 12.4. The predicted molar refractivity (Wildman–Crippen MR) is 97.2 cm³/mol. The SMILES string of the molecule is COc1ccccc1-c1cc(C(=O)Nc2cnc(C(C)(C)C)nc2)no1. The summed E-state index contributed by atoms with van der Waals surface area (Å²) in [6.45, 7) is 6.07. The van der Waals surface area contributed by atoms with E-state index in [1.54, 1.807) is 25.6 Å². The van der Waals surface area contributed by atoms with E-state index in [4.69, 9.17) is 9.26 Å². The Balaban J connectivity index is 1.76. The van der Waals surface area contributed by atoms with Crippen LogP contribution < -0.4 is 10.1 Å². The molecule has 3 rings (SSSR count). The maximum Gasteiger partial charge on any atom is 0.277 e. The van der Waals surface area contributed by atoms with Crippen LogP contribution in [0.5, 0.6) is 5.75 Å². The molecule has 0 unspecified atom stereocenters. The molecule has 0 aliphatic heterocycles. The van der Waals surface area contributed by atoms with E-state index in [-0.39, 0.29) is 11.1 Å². The van der Waals surface area contributed by atoms with E-state index in [2.05, 4.69) is 20.4 Å². The molecule has 2 aromatic heterocycles. The lowest BCUT2D eigenvalue weighted by atomic mass is 9.96. The first-order valence-corrected chi connectivity index (χ1v) is 8.12. The van der Waals surface area contributed by atoms with Crippen molar-refractivity contribution in [3.63, 3.8) is 0 Å². The summed E-state index contributed by atoms with van der Waals surface area (Å²) in [5, 5.41) is 6.55. The highest BCUT2D eigenvalue weighted by Gasteiger charge is 2.19. The number of carbonyl (C=O) groups is 1. The van der Waals surface area contributed by atoms with Gasteiger partial charge in [0.25, 0.3) is 5.91 Å². The van der Waals surface area contributed by atoms with Crippen molar-refractivity contribution >= 4 is 11.6 Å². The number of rotatable bonds is 4. The van der Waals surface area contributed by atoms with Gasteiger partial charge in [-0.1, -0.05) is 38.1 Å². The Morgan fingerprint density at radius 1 is 1.15 bits per heavy atom. The number of hydrogen-bond acceptors (Lipinski definition) is 6. The summed E-state index contributed by atoms with van der Waals surface area (Å²) < 4.78 is 10.6. The molecule has 1 aromatic carbocycles. The van der Waals surface area contributed by atoms with Crippen LogP contribution >= 0.6 is 0 Å². The lowest BCUT2D eigenvalue weighted by Crippen LogP contribution is -2.17. The van der Waals surface area contributed by atoms with E-state index in [1.807, 2.05) is 45.0 Å². The van der Waals surface area contributed by atoms with Crippen molar-refractivity contribution in [3.05, 3.63) is 54.2 Å². The Morgan fingerprint density at radius 2 is 1.85 bits per heavy atom. The number of para-hydroxylation sites is 1. The van der Waals surface area contributed by atoms with Gasteiger partial charge in [0.15, 0.2) is 11.5 Å². The summed E-state index contributed by atoms with van der Waals surface area (Å²) in [4.78, 5) is 20.9. The van der Waals surface area contributed by atoms with Gasteiger partial charge in [0, 0.05) is 11.5 Å². The standard InChI is InChI=1S/C19H20N4O3/c1-19(2,3)18-20-10-12(11-21-18)22-17(24)14-9-16(26-23-14)13-7-5-6-8-15(13)25-4/h5-11H,1-4H3,(H,22,24). The minimum Gasteiger partial charge on any atom is -0.496 e. The number of aromatic nitrogens is 3. The Kier molecular flexibility index (Phi) is 4.71. The second kappa shape index (κ2) is 6.95. The summed E-state index contributed by atoms with van der Waals surface area (Å²) in [6.07, 6.45) is 3.15. The van der Waals surface area contributed by atoms with Crippen LogP contribution in [0.25, 0.3) is 11.3 Å². The zero-order chi connectivity index (χ0) is 18.7. The van der Waals surface area contributed by atoms with Crippen LogP contribution in [0.4, 0.5) is 5.69 Å². The Bertz CT molecular complexity index is 911. The number of anilines is 1.